The summed E-state index contributed by atoms with van der Waals surface area (Å²) < 4.78 is 11.1. The number of Topliss-reactive ketones (excluding diaryl/α,β-unsaturated/α-hetero) is 1. The number of ketones is 1. The van der Waals surface area contributed by atoms with E-state index in [1.807, 2.05) is 0 Å². The summed E-state index contributed by atoms with van der Waals surface area (Å²) in [4.78, 5) is 22.6. The predicted octanol–water partition coefficient (Wildman–Crippen LogP) is -0.502. The van der Waals surface area contributed by atoms with Crippen molar-refractivity contribution in [2.24, 2.45) is 5.92 Å². The maximum Gasteiger partial charge on any atom is 0.316 e. The topological polar surface area (TPSA) is 83.8 Å². The second-order valence-corrected chi connectivity index (χ2v) is 2.91. The quantitative estimate of drug-likeness (QED) is 0.451. The van der Waals surface area contributed by atoms with Gasteiger partial charge in [0.15, 0.2) is 5.78 Å². The Labute approximate surface area is 84.1 Å². The van der Waals surface area contributed by atoms with Crippen LogP contribution in [-0.2, 0) is 14.3 Å². The first-order valence-electron chi connectivity index (χ1n) is 5.07. The molecule has 0 aromatic heterocycles. The molecule has 0 aromatic carbocycles. The Balaban J connectivity index is 4.50. The summed E-state index contributed by atoms with van der Waals surface area (Å²) in [6.45, 7) is 1.06. The van der Waals surface area contributed by atoms with E-state index in [0.29, 0.717) is 6.42 Å². The number of hydrogen-bond acceptors (Lipinski definition) is 5. The maximum absolute atomic E-state index is 11.4. The Kier molecular flexibility index (Phi) is 5.17. The molecular formula is C9H16O5. The van der Waals surface area contributed by atoms with Crippen molar-refractivity contribution in [2.75, 3.05) is 13.7 Å². The number of hydrogen-bond donors (Lipinski definition) is 2. The van der Waals surface area contributed by atoms with E-state index in [4.69, 9.17) is 11.6 Å². The van der Waals surface area contributed by atoms with Crippen LogP contribution in [0.25, 0.3) is 0 Å². The Morgan fingerprint density at radius 3 is 2.64 bits per heavy atom. The standard InChI is InChI=1S/C9H16O5/c1-3-4-6(9(13)14-2)8(12)7(11)5-10/h6-7,10-11H,3-5H2,1-2H3/i2D. The van der Waals surface area contributed by atoms with Gasteiger partial charge in [0.2, 0.25) is 0 Å². The third kappa shape index (κ3) is 3.43. The molecule has 5 heteroatoms. The molecule has 0 saturated carbocycles. The van der Waals surface area contributed by atoms with Crippen LogP contribution in [0.2, 0.25) is 0 Å². The van der Waals surface area contributed by atoms with Gasteiger partial charge in [0.25, 0.3) is 0 Å². The lowest BCUT2D eigenvalue weighted by Crippen LogP contribution is -2.35. The van der Waals surface area contributed by atoms with E-state index in [0.717, 1.165) is 0 Å². The van der Waals surface area contributed by atoms with Crippen molar-refractivity contribution in [3.8, 4) is 0 Å². The molecule has 0 amide bonds. The second-order valence-electron chi connectivity index (χ2n) is 2.91. The number of aliphatic hydroxyl groups excluding tert-OH is 2. The van der Waals surface area contributed by atoms with Gasteiger partial charge in [-0.15, -0.1) is 0 Å². The van der Waals surface area contributed by atoms with Gasteiger partial charge in [-0.25, -0.2) is 0 Å². The zero-order valence-corrected chi connectivity index (χ0v) is 8.10. The third-order valence-electron chi connectivity index (χ3n) is 1.85. The van der Waals surface area contributed by atoms with Crippen LogP contribution in [0.5, 0.6) is 0 Å². The summed E-state index contributed by atoms with van der Waals surface area (Å²) in [5, 5.41) is 17.7. The molecule has 0 aromatic rings. The normalized spacial score (nSPS) is 15.5. The van der Waals surface area contributed by atoms with Gasteiger partial charge < -0.3 is 14.9 Å². The van der Waals surface area contributed by atoms with Crippen molar-refractivity contribution in [3.63, 3.8) is 0 Å². The Hall–Kier alpha value is -0.940. The lowest BCUT2D eigenvalue weighted by molar-refractivity contribution is -0.152. The summed E-state index contributed by atoms with van der Waals surface area (Å²) in [6.07, 6.45) is -0.740. The lowest BCUT2D eigenvalue weighted by Gasteiger charge is -2.14. The van der Waals surface area contributed by atoms with Crippen LogP contribution in [0, 0.1) is 5.92 Å². The average molecular weight is 205 g/mol. The van der Waals surface area contributed by atoms with Crippen molar-refractivity contribution >= 4 is 11.8 Å². The molecule has 5 nitrogen and oxygen atoms in total. The number of carbonyl (C=O) groups is 2. The molecule has 0 bridgehead atoms. The highest BCUT2D eigenvalue weighted by Crippen LogP contribution is 2.12. The van der Waals surface area contributed by atoms with Crippen molar-refractivity contribution in [2.45, 2.75) is 25.9 Å². The minimum Gasteiger partial charge on any atom is -0.468 e. The van der Waals surface area contributed by atoms with Crippen LogP contribution >= 0.6 is 0 Å². The molecule has 0 aliphatic carbocycles. The van der Waals surface area contributed by atoms with Crippen LogP contribution in [0.15, 0.2) is 0 Å². The zero-order valence-electron chi connectivity index (χ0n) is 9.10. The Morgan fingerprint density at radius 2 is 2.21 bits per heavy atom. The van der Waals surface area contributed by atoms with E-state index >= 15 is 0 Å². The smallest absolute Gasteiger partial charge is 0.316 e. The Bertz CT molecular complexity index is 219. The highest BCUT2D eigenvalue weighted by atomic mass is 16.5. The molecule has 14 heavy (non-hydrogen) atoms. The van der Waals surface area contributed by atoms with Crippen molar-refractivity contribution < 1.29 is 25.9 Å². The van der Waals surface area contributed by atoms with Crippen LogP contribution in [-0.4, -0.2) is 41.8 Å². The molecule has 0 radical (unpaired) electrons. The highest BCUT2D eigenvalue weighted by Gasteiger charge is 2.30. The van der Waals surface area contributed by atoms with E-state index in [1.54, 1.807) is 6.92 Å². The van der Waals surface area contributed by atoms with Gasteiger partial charge >= 0.3 is 5.97 Å². The minimum absolute atomic E-state index is 0.245. The van der Waals surface area contributed by atoms with E-state index in [9.17, 15) is 9.59 Å². The number of aliphatic hydroxyl groups is 2. The minimum atomic E-state index is -1.56. The predicted molar refractivity (Wildman–Crippen MR) is 48.5 cm³/mol. The number of ether oxygens (including phenoxy) is 1. The van der Waals surface area contributed by atoms with Crippen LogP contribution in [0.4, 0.5) is 0 Å². The fraction of sp³-hybridized carbons (Fsp3) is 0.778. The molecule has 0 heterocycles. The third-order valence-corrected chi connectivity index (χ3v) is 1.85. The number of carbonyl (C=O) groups excluding carboxylic acids is 2. The number of esters is 1. The molecule has 0 aliphatic rings. The molecule has 2 atom stereocenters. The molecule has 0 aliphatic heterocycles. The SMILES string of the molecule is [2H]COC(=O)C(CCC)C(=O)C(O)CO. The fourth-order valence-corrected chi connectivity index (χ4v) is 1.09. The monoisotopic (exact) mass is 205 g/mol. The van der Waals surface area contributed by atoms with E-state index in [2.05, 4.69) is 4.74 Å². The molecule has 82 valence electrons. The van der Waals surface area contributed by atoms with E-state index in [1.165, 1.54) is 0 Å². The molecular weight excluding hydrogens is 188 g/mol. The number of methoxy groups -OCH3 is 1. The van der Waals surface area contributed by atoms with Gasteiger partial charge in [0.05, 0.1) is 15.1 Å². The molecule has 2 N–H and O–H groups in total. The van der Waals surface area contributed by atoms with Gasteiger partial charge in [-0.2, -0.15) is 0 Å². The Morgan fingerprint density at radius 1 is 1.57 bits per heavy atom. The van der Waals surface area contributed by atoms with Gasteiger partial charge in [0, 0.05) is 0 Å². The van der Waals surface area contributed by atoms with E-state index in [-0.39, 0.29) is 6.42 Å². The van der Waals surface area contributed by atoms with Crippen LogP contribution < -0.4 is 0 Å². The van der Waals surface area contributed by atoms with Crippen molar-refractivity contribution in [3.05, 3.63) is 0 Å². The first-order valence-corrected chi connectivity index (χ1v) is 4.37. The fourth-order valence-electron chi connectivity index (χ4n) is 1.09. The lowest BCUT2D eigenvalue weighted by atomic mass is 9.95. The average Bonchev–Trinajstić information content (AvgIpc) is 2.24. The van der Waals surface area contributed by atoms with Crippen molar-refractivity contribution in [1.29, 1.82) is 0 Å². The maximum atomic E-state index is 11.4. The van der Waals surface area contributed by atoms with Gasteiger partial charge in [0.1, 0.15) is 12.0 Å². The van der Waals surface area contributed by atoms with Gasteiger partial charge in [-0.05, 0) is 6.42 Å². The second kappa shape index (κ2) is 6.50. The van der Waals surface area contributed by atoms with Gasteiger partial charge in [-0.1, -0.05) is 13.3 Å². The molecule has 0 saturated heterocycles. The zero-order chi connectivity index (χ0) is 11.8. The van der Waals surface area contributed by atoms with Crippen LogP contribution in [0.1, 0.15) is 21.1 Å². The van der Waals surface area contributed by atoms with Crippen molar-refractivity contribution in [1.82, 2.24) is 0 Å². The molecule has 0 spiro atoms. The molecule has 0 fully saturated rings. The summed E-state index contributed by atoms with van der Waals surface area (Å²) in [7, 11) is -0.554. The summed E-state index contributed by atoms with van der Waals surface area (Å²) in [6, 6.07) is 0. The molecule has 2 unspecified atom stereocenters. The highest BCUT2D eigenvalue weighted by molar-refractivity contribution is 6.01. The summed E-state index contributed by atoms with van der Waals surface area (Å²) in [5.74, 6) is -2.65. The number of rotatable bonds is 6. The molecule has 0 rings (SSSR count). The first-order chi connectivity index (χ1) is 7.08. The summed E-state index contributed by atoms with van der Waals surface area (Å²) >= 11 is 0. The van der Waals surface area contributed by atoms with E-state index < -0.39 is 37.5 Å². The summed E-state index contributed by atoms with van der Waals surface area (Å²) in [5.41, 5.74) is 0. The van der Waals surface area contributed by atoms with Gasteiger partial charge in [-0.3, -0.25) is 9.59 Å². The largest absolute Gasteiger partial charge is 0.468 e. The van der Waals surface area contributed by atoms with Crippen LogP contribution in [0.3, 0.4) is 0 Å². The first kappa shape index (κ1) is 11.1.